The SMILES string of the molecule is CC(C)C[C@@H](C(=O)OCC(=O)c1ccc(Br)cc1)N1C(=O)c2ccccc2C1=O. The van der Waals surface area contributed by atoms with Gasteiger partial charge in [0.1, 0.15) is 6.04 Å². The van der Waals surface area contributed by atoms with E-state index in [1.807, 2.05) is 13.8 Å². The fourth-order valence-corrected chi connectivity index (χ4v) is 3.46. The Labute approximate surface area is 177 Å². The maximum Gasteiger partial charge on any atom is 0.329 e. The van der Waals surface area contributed by atoms with Gasteiger partial charge in [-0.2, -0.15) is 0 Å². The van der Waals surface area contributed by atoms with Crippen molar-refractivity contribution in [2.45, 2.75) is 26.3 Å². The van der Waals surface area contributed by atoms with Gasteiger partial charge in [-0.1, -0.05) is 54.0 Å². The molecule has 1 atom stereocenters. The number of benzene rings is 2. The lowest BCUT2D eigenvalue weighted by Crippen LogP contribution is -2.46. The Morgan fingerprint density at radius 2 is 1.52 bits per heavy atom. The molecule has 2 amide bonds. The van der Waals surface area contributed by atoms with Crippen molar-refractivity contribution in [1.82, 2.24) is 4.90 Å². The zero-order valence-corrected chi connectivity index (χ0v) is 17.6. The molecule has 0 N–H and O–H groups in total. The largest absolute Gasteiger partial charge is 0.456 e. The van der Waals surface area contributed by atoms with Gasteiger partial charge in [0.25, 0.3) is 11.8 Å². The number of halogens is 1. The number of nitrogens with zero attached hydrogens (tertiary/aromatic N) is 1. The number of hydrogen-bond donors (Lipinski definition) is 0. The summed E-state index contributed by atoms with van der Waals surface area (Å²) < 4.78 is 6.04. The molecular weight excluding hydrogens is 438 g/mol. The lowest BCUT2D eigenvalue weighted by Gasteiger charge is -2.25. The molecule has 2 aromatic carbocycles. The molecule has 0 saturated carbocycles. The van der Waals surface area contributed by atoms with Gasteiger partial charge in [0.05, 0.1) is 11.1 Å². The van der Waals surface area contributed by atoms with Gasteiger partial charge in [-0.05, 0) is 36.6 Å². The topological polar surface area (TPSA) is 80.8 Å². The van der Waals surface area contributed by atoms with E-state index in [0.29, 0.717) is 5.56 Å². The summed E-state index contributed by atoms with van der Waals surface area (Å²) in [6.07, 6.45) is 0.247. The van der Waals surface area contributed by atoms with Crippen LogP contribution in [0.3, 0.4) is 0 Å². The van der Waals surface area contributed by atoms with Crippen LogP contribution < -0.4 is 0 Å². The van der Waals surface area contributed by atoms with Crippen LogP contribution in [-0.2, 0) is 9.53 Å². The van der Waals surface area contributed by atoms with E-state index >= 15 is 0 Å². The van der Waals surface area contributed by atoms with Crippen molar-refractivity contribution in [3.8, 4) is 0 Å². The summed E-state index contributed by atoms with van der Waals surface area (Å²) in [5.41, 5.74) is 0.942. The second-order valence-corrected chi connectivity index (χ2v) is 8.12. The second kappa shape index (κ2) is 8.69. The van der Waals surface area contributed by atoms with Gasteiger partial charge in [-0.3, -0.25) is 19.3 Å². The van der Waals surface area contributed by atoms with Crippen LogP contribution in [0.1, 0.15) is 51.3 Å². The number of rotatable bonds is 7. The van der Waals surface area contributed by atoms with Crippen molar-refractivity contribution >= 4 is 39.5 Å². The number of fused-ring (bicyclic) bond motifs is 1. The highest BCUT2D eigenvalue weighted by Crippen LogP contribution is 2.27. The molecule has 29 heavy (non-hydrogen) atoms. The van der Waals surface area contributed by atoms with Gasteiger partial charge in [0.2, 0.25) is 0 Å². The molecule has 0 aromatic heterocycles. The predicted octanol–water partition coefficient (Wildman–Crippen LogP) is 3.89. The Morgan fingerprint density at radius 3 is 2.03 bits per heavy atom. The van der Waals surface area contributed by atoms with E-state index in [1.165, 1.54) is 0 Å². The maximum absolute atomic E-state index is 12.8. The summed E-state index contributed by atoms with van der Waals surface area (Å²) in [4.78, 5) is 51.5. The number of ether oxygens (including phenoxy) is 1. The number of imide groups is 1. The third kappa shape index (κ3) is 4.45. The molecule has 7 heteroatoms. The summed E-state index contributed by atoms with van der Waals surface area (Å²) in [5, 5.41) is 0. The molecule has 2 aromatic rings. The molecule has 1 aliphatic heterocycles. The number of carbonyl (C=O) groups excluding carboxylic acids is 4. The molecule has 0 spiro atoms. The van der Waals surface area contributed by atoms with Gasteiger partial charge >= 0.3 is 5.97 Å². The predicted molar refractivity (Wildman–Crippen MR) is 110 cm³/mol. The van der Waals surface area contributed by atoms with Gasteiger partial charge in [-0.15, -0.1) is 0 Å². The summed E-state index contributed by atoms with van der Waals surface area (Å²) in [6.45, 7) is 3.30. The standard InChI is InChI=1S/C22H20BrNO5/c1-13(2)11-18(24-20(26)16-5-3-4-6-17(16)21(24)27)22(28)29-12-19(25)14-7-9-15(23)10-8-14/h3-10,13,18H,11-12H2,1-2H3/t18-/m0/s1. The minimum Gasteiger partial charge on any atom is -0.456 e. The fourth-order valence-electron chi connectivity index (χ4n) is 3.20. The van der Waals surface area contributed by atoms with E-state index in [0.717, 1.165) is 9.37 Å². The van der Waals surface area contributed by atoms with Crippen LogP contribution in [0, 0.1) is 5.92 Å². The first-order valence-corrected chi connectivity index (χ1v) is 10.0. The molecule has 150 valence electrons. The molecule has 6 nitrogen and oxygen atoms in total. The normalized spacial score (nSPS) is 14.1. The van der Waals surface area contributed by atoms with E-state index in [9.17, 15) is 19.2 Å². The molecule has 0 fully saturated rings. The summed E-state index contributed by atoms with van der Waals surface area (Å²) in [5.74, 6) is -2.14. The van der Waals surface area contributed by atoms with Crippen LogP contribution in [0.4, 0.5) is 0 Å². The Morgan fingerprint density at radius 1 is 0.966 bits per heavy atom. The van der Waals surface area contributed by atoms with Gasteiger partial charge in [0.15, 0.2) is 12.4 Å². The first-order valence-electron chi connectivity index (χ1n) is 9.22. The van der Waals surface area contributed by atoms with Gasteiger partial charge < -0.3 is 4.74 Å². The number of hydrogen-bond acceptors (Lipinski definition) is 5. The Bertz CT molecular complexity index is 932. The minimum absolute atomic E-state index is 0.0269. The Balaban J connectivity index is 1.76. The zero-order chi connectivity index (χ0) is 21.1. The number of amides is 2. The van der Waals surface area contributed by atoms with Crippen molar-refractivity contribution in [3.63, 3.8) is 0 Å². The first-order chi connectivity index (χ1) is 13.8. The van der Waals surface area contributed by atoms with Crippen LogP contribution >= 0.6 is 15.9 Å². The summed E-state index contributed by atoms with van der Waals surface area (Å²) in [7, 11) is 0. The van der Waals surface area contributed by atoms with Crippen LogP contribution in [0.5, 0.6) is 0 Å². The van der Waals surface area contributed by atoms with E-state index in [-0.39, 0.29) is 29.2 Å². The zero-order valence-electron chi connectivity index (χ0n) is 16.1. The van der Waals surface area contributed by atoms with Crippen molar-refractivity contribution in [1.29, 1.82) is 0 Å². The van der Waals surface area contributed by atoms with Crippen molar-refractivity contribution in [2.24, 2.45) is 5.92 Å². The highest BCUT2D eigenvalue weighted by molar-refractivity contribution is 9.10. The van der Waals surface area contributed by atoms with Crippen molar-refractivity contribution < 1.29 is 23.9 Å². The molecule has 0 radical (unpaired) electrons. The third-order valence-corrected chi connectivity index (χ3v) is 5.14. The number of esters is 1. The Kier molecular flexibility index (Phi) is 6.27. The van der Waals surface area contributed by atoms with Gasteiger partial charge in [0, 0.05) is 10.0 Å². The number of ketones is 1. The molecule has 0 saturated heterocycles. The fraction of sp³-hybridized carbons (Fsp3) is 0.273. The lowest BCUT2D eigenvalue weighted by atomic mass is 10.0. The second-order valence-electron chi connectivity index (χ2n) is 7.21. The minimum atomic E-state index is -1.08. The van der Waals surface area contributed by atoms with Crippen LogP contribution in [0.15, 0.2) is 53.0 Å². The van der Waals surface area contributed by atoms with Crippen molar-refractivity contribution in [3.05, 3.63) is 69.7 Å². The molecular formula is C22H20BrNO5. The summed E-state index contributed by atoms with van der Waals surface area (Å²) >= 11 is 3.29. The quantitative estimate of drug-likeness (QED) is 0.357. The van der Waals surface area contributed by atoms with E-state index in [2.05, 4.69) is 15.9 Å². The monoisotopic (exact) mass is 457 g/mol. The first kappa shape index (κ1) is 20.9. The number of carbonyl (C=O) groups is 4. The Hall–Kier alpha value is -2.80. The average Bonchev–Trinajstić information content (AvgIpc) is 2.95. The van der Waals surface area contributed by atoms with Gasteiger partial charge in [-0.25, -0.2) is 4.79 Å². The molecule has 0 aliphatic carbocycles. The molecule has 0 unspecified atom stereocenters. The number of Topliss-reactive ketones (excluding diaryl/α,β-unsaturated/α-hetero) is 1. The summed E-state index contributed by atoms with van der Waals surface area (Å²) in [6, 6.07) is 12.0. The van der Waals surface area contributed by atoms with Crippen LogP contribution in [-0.4, -0.2) is 41.1 Å². The maximum atomic E-state index is 12.8. The average molecular weight is 458 g/mol. The molecule has 1 heterocycles. The molecule has 3 rings (SSSR count). The van der Waals surface area contributed by atoms with E-state index in [4.69, 9.17) is 4.74 Å². The van der Waals surface area contributed by atoms with Crippen molar-refractivity contribution in [2.75, 3.05) is 6.61 Å². The van der Waals surface area contributed by atoms with E-state index in [1.54, 1.807) is 48.5 Å². The van der Waals surface area contributed by atoms with Crippen LogP contribution in [0.2, 0.25) is 0 Å². The smallest absolute Gasteiger partial charge is 0.329 e. The molecule has 0 bridgehead atoms. The van der Waals surface area contributed by atoms with E-state index < -0.39 is 30.4 Å². The highest BCUT2D eigenvalue weighted by atomic mass is 79.9. The van der Waals surface area contributed by atoms with Crippen LogP contribution in [0.25, 0.3) is 0 Å². The molecule has 1 aliphatic rings. The third-order valence-electron chi connectivity index (χ3n) is 4.62. The highest BCUT2D eigenvalue weighted by Gasteiger charge is 2.43. The lowest BCUT2D eigenvalue weighted by molar-refractivity contribution is -0.147.